The zero-order valence-corrected chi connectivity index (χ0v) is 14.7. The number of hydrogen-bond donors (Lipinski definition) is 1. The van der Waals surface area contributed by atoms with E-state index in [9.17, 15) is 9.18 Å². The maximum atomic E-state index is 13.2. The summed E-state index contributed by atoms with van der Waals surface area (Å²) in [4.78, 5) is 16.6. The van der Waals surface area contributed by atoms with Crippen molar-refractivity contribution in [2.75, 3.05) is 5.75 Å². The van der Waals surface area contributed by atoms with Gasteiger partial charge in [-0.1, -0.05) is 32.9 Å². The van der Waals surface area contributed by atoms with Crippen molar-refractivity contribution in [3.63, 3.8) is 0 Å². The van der Waals surface area contributed by atoms with Gasteiger partial charge in [-0.3, -0.25) is 4.79 Å². The topological polar surface area (TPSA) is 46.9 Å². The van der Waals surface area contributed by atoms with Crippen molar-refractivity contribution < 1.29 is 9.18 Å². The number of rotatable bonds is 5. The summed E-state index contributed by atoms with van der Waals surface area (Å²) >= 11 is 1.58. The molecule has 4 nitrogen and oxygen atoms in total. The predicted molar refractivity (Wildman–Crippen MR) is 91.8 cm³/mol. The maximum absolute atomic E-state index is 13.2. The lowest BCUT2D eigenvalue weighted by molar-refractivity contribution is -0.119. The van der Waals surface area contributed by atoms with Gasteiger partial charge in [0.2, 0.25) is 5.91 Å². The van der Waals surface area contributed by atoms with E-state index in [1.54, 1.807) is 30.1 Å². The summed E-state index contributed by atoms with van der Waals surface area (Å²) in [5.74, 6) is 0.709. The number of carbonyl (C=O) groups excluding carboxylic acids is 1. The molecule has 23 heavy (non-hydrogen) atoms. The first-order chi connectivity index (χ1) is 10.8. The van der Waals surface area contributed by atoms with Gasteiger partial charge in [-0.2, -0.15) is 0 Å². The number of halogens is 1. The molecule has 0 aliphatic rings. The molecule has 124 valence electrons. The second-order valence-electron chi connectivity index (χ2n) is 6.35. The van der Waals surface area contributed by atoms with Crippen LogP contribution in [0, 0.1) is 5.82 Å². The third-order valence-corrected chi connectivity index (χ3v) is 4.53. The van der Waals surface area contributed by atoms with Gasteiger partial charge in [0.25, 0.3) is 0 Å². The molecule has 0 radical (unpaired) electrons. The molecule has 1 atom stereocenters. The fourth-order valence-electron chi connectivity index (χ4n) is 2.09. The summed E-state index contributed by atoms with van der Waals surface area (Å²) in [6, 6.07) is 5.73. The van der Waals surface area contributed by atoms with E-state index in [2.05, 4.69) is 31.1 Å². The van der Waals surface area contributed by atoms with E-state index < -0.39 is 6.04 Å². The number of imidazole rings is 1. The van der Waals surface area contributed by atoms with Gasteiger partial charge in [0.1, 0.15) is 17.7 Å². The zero-order valence-electron chi connectivity index (χ0n) is 13.8. The number of carbonyl (C=O) groups is 1. The smallest absolute Gasteiger partial charge is 0.230 e. The van der Waals surface area contributed by atoms with E-state index in [0.717, 1.165) is 5.56 Å². The molecule has 6 heteroatoms. The summed E-state index contributed by atoms with van der Waals surface area (Å²) in [7, 11) is 1.87. The van der Waals surface area contributed by atoms with E-state index in [-0.39, 0.29) is 16.5 Å². The average molecular weight is 335 g/mol. The van der Waals surface area contributed by atoms with Crippen LogP contribution >= 0.6 is 11.8 Å². The Morgan fingerprint density at radius 2 is 2.00 bits per heavy atom. The molecule has 1 heterocycles. The highest BCUT2D eigenvalue weighted by molar-refractivity contribution is 8.01. The molecule has 1 aromatic heterocycles. The van der Waals surface area contributed by atoms with Crippen LogP contribution in [0.4, 0.5) is 4.39 Å². The van der Waals surface area contributed by atoms with Gasteiger partial charge in [0.15, 0.2) is 0 Å². The number of aryl methyl sites for hydroxylation is 1. The molecular weight excluding hydrogens is 313 g/mol. The predicted octanol–water partition coefficient (Wildman–Crippen LogP) is 3.30. The SMILES string of the molecule is Cn1ccnc1C(NC(=O)CSC(C)(C)C)c1ccc(F)cc1. The molecule has 2 aromatic rings. The second-order valence-corrected chi connectivity index (χ2v) is 8.15. The minimum atomic E-state index is -0.399. The van der Waals surface area contributed by atoms with Crippen LogP contribution in [-0.2, 0) is 11.8 Å². The van der Waals surface area contributed by atoms with Crippen LogP contribution in [0.1, 0.15) is 38.2 Å². The largest absolute Gasteiger partial charge is 0.341 e. The molecule has 1 aromatic carbocycles. The van der Waals surface area contributed by atoms with Crippen molar-refractivity contribution in [3.05, 3.63) is 53.9 Å². The van der Waals surface area contributed by atoms with Crippen molar-refractivity contribution in [3.8, 4) is 0 Å². The lowest BCUT2D eigenvalue weighted by Gasteiger charge is -2.21. The highest BCUT2D eigenvalue weighted by Crippen LogP contribution is 2.24. The minimum absolute atomic E-state index is 0.0198. The normalized spacial score (nSPS) is 12.9. The summed E-state index contributed by atoms with van der Waals surface area (Å²) in [5.41, 5.74) is 0.801. The summed E-state index contributed by atoms with van der Waals surface area (Å²) in [5, 5.41) is 3.00. The van der Waals surface area contributed by atoms with Crippen LogP contribution in [-0.4, -0.2) is 26.0 Å². The Morgan fingerprint density at radius 3 is 2.52 bits per heavy atom. The van der Waals surface area contributed by atoms with E-state index >= 15 is 0 Å². The molecule has 2 rings (SSSR count). The third-order valence-electron chi connectivity index (χ3n) is 3.26. The fourth-order valence-corrected chi connectivity index (χ4v) is 2.74. The fraction of sp³-hybridized carbons (Fsp3) is 0.412. The summed E-state index contributed by atoms with van der Waals surface area (Å²) < 4.78 is 15.0. The standard InChI is InChI=1S/C17H22FN3OS/c1-17(2,3)23-11-14(22)20-15(16-19-9-10-21(16)4)12-5-7-13(18)8-6-12/h5-10,15H,11H2,1-4H3,(H,20,22). The molecule has 0 fully saturated rings. The molecular formula is C17H22FN3OS. The van der Waals surface area contributed by atoms with Gasteiger partial charge >= 0.3 is 0 Å². The highest BCUT2D eigenvalue weighted by atomic mass is 32.2. The molecule has 0 saturated carbocycles. The van der Waals surface area contributed by atoms with E-state index in [4.69, 9.17) is 0 Å². The molecule has 0 bridgehead atoms. The first-order valence-electron chi connectivity index (χ1n) is 7.42. The number of nitrogens with one attached hydrogen (secondary N) is 1. The van der Waals surface area contributed by atoms with Crippen molar-refractivity contribution >= 4 is 17.7 Å². The van der Waals surface area contributed by atoms with E-state index in [1.807, 2.05) is 17.8 Å². The molecule has 0 aliphatic carbocycles. The molecule has 1 N–H and O–H groups in total. The number of thioether (sulfide) groups is 1. The Hall–Kier alpha value is -1.82. The summed E-state index contributed by atoms with van der Waals surface area (Å²) in [6.07, 6.45) is 3.50. The van der Waals surface area contributed by atoms with Crippen LogP contribution in [0.15, 0.2) is 36.7 Å². The van der Waals surface area contributed by atoms with Crippen molar-refractivity contribution in [2.45, 2.75) is 31.6 Å². The van der Waals surface area contributed by atoms with Crippen molar-refractivity contribution in [1.29, 1.82) is 0 Å². The van der Waals surface area contributed by atoms with Gasteiger partial charge in [-0.15, -0.1) is 11.8 Å². The van der Waals surface area contributed by atoms with Gasteiger partial charge in [-0.05, 0) is 17.7 Å². The number of benzene rings is 1. The Labute approximate surface area is 140 Å². The number of hydrogen-bond acceptors (Lipinski definition) is 3. The number of nitrogens with zero attached hydrogens (tertiary/aromatic N) is 2. The zero-order chi connectivity index (χ0) is 17.0. The van der Waals surface area contributed by atoms with Gasteiger partial charge < -0.3 is 9.88 Å². The molecule has 0 saturated heterocycles. The van der Waals surface area contributed by atoms with Crippen molar-refractivity contribution in [1.82, 2.24) is 14.9 Å². The highest BCUT2D eigenvalue weighted by Gasteiger charge is 2.22. The Balaban J connectivity index is 2.19. The Kier molecular flexibility index (Phi) is 5.46. The first kappa shape index (κ1) is 17.5. The Morgan fingerprint density at radius 1 is 1.35 bits per heavy atom. The molecule has 1 amide bonds. The van der Waals surface area contributed by atoms with Crippen LogP contribution in [0.3, 0.4) is 0 Å². The lowest BCUT2D eigenvalue weighted by Crippen LogP contribution is -2.33. The van der Waals surface area contributed by atoms with Gasteiger partial charge in [0, 0.05) is 24.2 Å². The summed E-state index contributed by atoms with van der Waals surface area (Å²) in [6.45, 7) is 6.21. The quantitative estimate of drug-likeness (QED) is 0.912. The van der Waals surface area contributed by atoms with Crippen LogP contribution in [0.2, 0.25) is 0 Å². The van der Waals surface area contributed by atoms with E-state index in [1.165, 1.54) is 12.1 Å². The number of aromatic nitrogens is 2. The Bertz CT molecular complexity index is 661. The first-order valence-corrected chi connectivity index (χ1v) is 8.41. The molecule has 1 unspecified atom stereocenters. The van der Waals surface area contributed by atoms with Gasteiger partial charge in [-0.25, -0.2) is 9.37 Å². The van der Waals surface area contributed by atoms with Crippen LogP contribution < -0.4 is 5.32 Å². The van der Waals surface area contributed by atoms with Gasteiger partial charge in [0.05, 0.1) is 5.75 Å². The maximum Gasteiger partial charge on any atom is 0.230 e. The van der Waals surface area contributed by atoms with Crippen molar-refractivity contribution in [2.24, 2.45) is 7.05 Å². The molecule has 0 spiro atoms. The minimum Gasteiger partial charge on any atom is -0.341 e. The monoisotopic (exact) mass is 335 g/mol. The lowest BCUT2D eigenvalue weighted by atomic mass is 10.1. The third kappa shape index (κ3) is 5.10. The van der Waals surface area contributed by atoms with Crippen LogP contribution in [0.25, 0.3) is 0 Å². The van der Waals surface area contributed by atoms with E-state index in [0.29, 0.717) is 11.6 Å². The number of amides is 1. The second kappa shape index (κ2) is 7.17. The molecule has 0 aliphatic heterocycles. The average Bonchev–Trinajstić information content (AvgIpc) is 2.89. The van der Waals surface area contributed by atoms with Crippen LogP contribution in [0.5, 0.6) is 0 Å².